The van der Waals surface area contributed by atoms with E-state index in [4.69, 9.17) is 4.74 Å². The molecule has 2 aliphatic carbocycles. The van der Waals surface area contributed by atoms with Crippen LogP contribution in [0.5, 0.6) is 0 Å². The van der Waals surface area contributed by atoms with Crippen molar-refractivity contribution in [2.75, 3.05) is 13.2 Å². The van der Waals surface area contributed by atoms with E-state index in [1.54, 1.807) is 0 Å². The minimum atomic E-state index is 0.858. The third kappa shape index (κ3) is 7.42. The molecular weight excluding hydrogens is 280 g/mol. The van der Waals surface area contributed by atoms with Crippen molar-refractivity contribution in [2.45, 2.75) is 90.9 Å². The molecule has 2 saturated carbocycles. The molecule has 0 radical (unpaired) electrons. The van der Waals surface area contributed by atoms with Gasteiger partial charge in [-0.05, 0) is 75.5 Å². The summed E-state index contributed by atoms with van der Waals surface area (Å²) in [6, 6.07) is 0. The van der Waals surface area contributed by atoms with Crippen molar-refractivity contribution in [3.05, 3.63) is 12.2 Å². The molecule has 0 aromatic heterocycles. The van der Waals surface area contributed by atoms with Crippen LogP contribution in [0.2, 0.25) is 0 Å². The van der Waals surface area contributed by atoms with Crippen molar-refractivity contribution in [2.24, 2.45) is 23.7 Å². The summed E-state index contributed by atoms with van der Waals surface area (Å²) in [6.45, 7) is 6.28. The van der Waals surface area contributed by atoms with Crippen molar-refractivity contribution < 1.29 is 4.74 Å². The highest BCUT2D eigenvalue weighted by atomic mass is 16.5. The van der Waals surface area contributed by atoms with E-state index in [9.17, 15) is 0 Å². The van der Waals surface area contributed by atoms with E-state index in [0.29, 0.717) is 0 Å². The van der Waals surface area contributed by atoms with E-state index >= 15 is 0 Å². The Bertz CT molecular complexity index is 306. The number of unbranched alkanes of at least 4 members (excludes halogenated alkanes) is 1. The number of hydrogen-bond donors (Lipinski definition) is 0. The molecule has 1 nitrogen and oxygen atoms in total. The zero-order chi connectivity index (χ0) is 16.3. The fourth-order valence-corrected chi connectivity index (χ4v) is 4.57. The van der Waals surface area contributed by atoms with Gasteiger partial charge in [-0.3, -0.25) is 0 Å². The lowest BCUT2D eigenvalue weighted by atomic mass is 9.75. The molecule has 0 amide bonds. The Morgan fingerprint density at radius 1 is 0.783 bits per heavy atom. The first kappa shape index (κ1) is 19.0. The number of rotatable bonds is 9. The van der Waals surface area contributed by atoms with E-state index in [1.165, 1.54) is 77.0 Å². The molecule has 0 bridgehead atoms. The van der Waals surface area contributed by atoms with Crippen molar-refractivity contribution in [3.8, 4) is 0 Å². The first-order chi connectivity index (χ1) is 11.3. The van der Waals surface area contributed by atoms with Gasteiger partial charge in [0.1, 0.15) is 0 Å². The van der Waals surface area contributed by atoms with Crippen LogP contribution in [0.1, 0.15) is 90.9 Å². The van der Waals surface area contributed by atoms with Gasteiger partial charge in [0.2, 0.25) is 0 Å². The van der Waals surface area contributed by atoms with Gasteiger partial charge in [-0.25, -0.2) is 0 Å². The van der Waals surface area contributed by atoms with Gasteiger partial charge in [0.25, 0.3) is 0 Å². The Balaban J connectivity index is 1.54. The molecule has 0 unspecified atom stereocenters. The molecule has 134 valence electrons. The lowest BCUT2D eigenvalue weighted by Crippen LogP contribution is -2.20. The second kappa shape index (κ2) is 11.3. The fourth-order valence-electron chi connectivity index (χ4n) is 4.57. The number of ether oxygens (including phenoxy) is 1. The lowest BCUT2D eigenvalue weighted by molar-refractivity contribution is 0.0844. The van der Waals surface area contributed by atoms with Crippen molar-refractivity contribution in [1.29, 1.82) is 0 Å². The molecule has 1 heteroatoms. The minimum absolute atomic E-state index is 0.858. The summed E-state index contributed by atoms with van der Waals surface area (Å²) in [6.07, 6.45) is 22.1. The van der Waals surface area contributed by atoms with Gasteiger partial charge in [-0.2, -0.15) is 0 Å². The Kier molecular flexibility index (Phi) is 9.34. The predicted molar refractivity (Wildman–Crippen MR) is 101 cm³/mol. The molecule has 2 fully saturated rings. The standard InChI is InChI=1S/C22H40O/c1-3-5-6-7-19-8-10-20(11-9-19)12-13-21-14-16-22(17-15-21)18-23-4-2/h6-7,19-22H,3-5,8-18H2,1-2H3. The predicted octanol–water partition coefficient (Wildman–Crippen LogP) is 6.77. The summed E-state index contributed by atoms with van der Waals surface area (Å²) < 4.78 is 5.60. The van der Waals surface area contributed by atoms with Crippen LogP contribution in [-0.2, 0) is 4.74 Å². The van der Waals surface area contributed by atoms with Gasteiger partial charge < -0.3 is 4.74 Å². The summed E-state index contributed by atoms with van der Waals surface area (Å²) in [7, 11) is 0. The van der Waals surface area contributed by atoms with Crippen LogP contribution in [0.15, 0.2) is 12.2 Å². The minimum Gasteiger partial charge on any atom is -0.381 e. The SMILES string of the molecule is CCCC=CC1CCC(CCC2CCC(COCC)CC2)CC1. The molecule has 0 atom stereocenters. The van der Waals surface area contributed by atoms with Gasteiger partial charge in [0, 0.05) is 13.2 Å². The molecule has 0 aromatic carbocycles. The highest BCUT2D eigenvalue weighted by Gasteiger charge is 2.24. The zero-order valence-electron chi connectivity index (χ0n) is 15.8. The molecule has 0 aromatic rings. The maximum absolute atomic E-state index is 5.60. The van der Waals surface area contributed by atoms with Crippen LogP contribution >= 0.6 is 0 Å². The second-order valence-corrected chi connectivity index (χ2v) is 8.12. The molecule has 0 heterocycles. The molecule has 0 N–H and O–H groups in total. The third-order valence-electron chi connectivity index (χ3n) is 6.26. The van der Waals surface area contributed by atoms with Crippen LogP contribution in [0.4, 0.5) is 0 Å². The van der Waals surface area contributed by atoms with Crippen molar-refractivity contribution >= 4 is 0 Å². The topological polar surface area (TPSA) is 9.23 Å². The van der Waals surface area contributed by atoms with Crippen LogP contribution in [-0.4, -0.2) is 13.2 Å². The van der Waals surface area contributed by atoms with Gasteiger partial charge in [-0.1, -0.05) is 51.2 Å². The zero-order valence-corrected chi connectivity index (χ0v) is 15.8. The van der Waals surface area contributed by atoms with Crippen molar-refractivity contribution in [1.82, 2.24) is 0 Å². The first-order valence-electron chi connectivity index (χ1n) is 10.6. The van der Waals surface area contributed by atoms with E-state index in [2.05, 4.69) is 26.0 Å². The summed E-state index contributed by atoms with van der Waals surface area (Å²) >= 11 is 0. The highest BCUT2D eigenvalue weighted by molar-refractivity contribution is 4.91. The van der Waals surface area contributed by atoms with Gasteiger partial charge >= 0.3 is 0 Å². The van der Waals surface area contributed by atoms with Crippen LogP contribution < -0.4 is 0 Å². The Labute approximate surface area is 145 Å². The van der Waals surface area contributed by atoms with E-state index in [-0.39, 0.29) is 0 Å². The molecule has 2 aliphatic rings. The Morgan fingerprint density at radius 3 is 1.91 bits per heavy atom. The summed E-state index contributed by atoms with van der Waals surface area (Å²) in [5.74, 6) is 3.81. The third-order valence-corrected chi connectivity index (χ3v) is 6.26. The molecule has 0 aliphatic heterocycles. The van der Waals surface area contributed by atoms with Crippen LogP contribution in [0.3, 0.4) is 0 Å². The monoisotopic (exact) mass is 320 g/mol. The largest absolute Gasteiger partial charge is 0.381 e. The van der Waals surface area contributed by atoms with Crippen LogP contribution in [0.25, 0.3) is 0 Å². The molecular formula is C22H40O. The van der Waals surface area contributed by atoms with E-state index < -0.39 is 0 Å². The van der Waals surface area contributed by atoms with E-state index in [1.807, 2.05) is 0 Å². The number of allylic oxidation sites excluding steroid dienone is 2. The summed E-state index contributed by atoms with van der Waals surface area (Å²) in [4.78, 5) is 0. The highest BCUT2D eigenvalue weighted by Crippen LogP contribution is 2.36. The average Bonchev–Trinajstić information content (AvgIpc) is 2.60. The quantitative estimate of drug-likeness (QED) is 0.426. The average molecular weight is 321 g/mol. The molecule has 2 rings (SSSR count). The smallest absolute Gasteiger partial charge is 0.0494 e. The van der Waals surface area contributed by atoms with Crippen LogP contribution in [0, 0.1) is 23.7 Å². The normalized spacial score (nSPS) is 32.4. The number of hydrogen-bond acceptors (Lipinski definition) is 1. The first-order valence-corrected chi connectivity index (χ1v) is 10.6. The maximum Gasteiger partial charge on any atom is 0.0494 e. The Hall–Kier alpha value is -0.300. The van der Waals surface area contributed by atoms with Gasteiger partial charge in [-0.15, -0.1) is 0 Å². The molecule has 0 saturated heterocycles. The van der Waals surface area contributed by atoms with Gasteiger partial charge in [0.05, 0.1) is 0 Å². The second-order valence-electron chi connectivity index (χ2n) is 8.12. The summed E-state index contributed by atoms with van der Waals surface area (Å²) in [5.41, 5.74) is 0. The fraction of sp³-hybridized carbons (Fsp3) is 0.909. The molecule has 23 heavy (non-hydrogen) atoms. The van der Waals surface area contributed by atoms with Gasteiger partial charge in [0.15, 0.2) is 0 Å². The summed E-state index contributed by atoms with van der Waals surface area (Å²) in [5, 5.41) is 0. The lowest BCUT2D eigenvalue weighted by Gasteiger charge is -2.31. The maximum atomic E-state index is 5.60. The van der Waals surface area contributed by atoms with Crippen molar-refractivity contribution in [3.63, 3.8) is 0 Å². The Morgan fingerprint density at radius 2 is 1.35 bits per heavy atom. The van der Waals surface area contributed by atoms with E-state index in [0.717, 1.165) is 36.9 Å². The molecule has 0 spiro atoms.